The number of likely N-dealkylation sites (N-methyl/N-ethyl adjacent to an activating group) is 1. The average molecular weight is 386 g/mol. The third-order valence-electron chi connectivity index (χ3n) is 4.95. The van der Waals surface area contributed by atoms with Crippen molar-refractivity contribution in [3.63, 3.8) is 0 Å². The van der Waals surface area contributed by atoms with E-state index in [1.165, 1.54) is 7.05 Å². The van der Waals surface area contributed by atoms with Gasteiger partial charge in [-0.05, 0) is 12.1 Å². The Morgan fingerprint density at radius 2 is 1.78 bits per heavy atom. The Morgan fingerprint density at radius 3 is 2.26 bits per heavy atom. The molecule has 2 aliphatic heterocycles. The summed E-state index contributed by atoms with van der Waals surface area (Å²) < 4.78 is 38.5. The molecule has 8 nitrogen and oxygen atoms in total. The Labute approximate surface area is 152 Å². The minimum absolute atomic E-state index is 0.0930. The van der Waals surface area contributed by atoms with Crippen LogP contribution in [0.2, 0.25) is 0 Å². The lowest BCUT2D eigenvalue weighted by molar-refractivity contribution is -0.384. The lowest BCUT2D eigenvalue weighted by atomic mass is 10.1. The Morgan fingerprint density at radius 1 is 1.15 bits per heavy atom. The number of nitrogens with zero attached hydrogens (tertiary/aromatic N) is 4. The summed E-state index contributed by atoms with van der Waals surface area (Å²) in [4.78, 5) is 38.7. The molecule has 3 rings (SSSR count). The number of benzene rings is 1. The van der Waals surface area contributed by atoms with Gasteiger partial charge in [0.05, 0.1) is 22.9 Å². The number of alkyl halides is 3. The average Bonchev–Trinajstić information content (AvgIpc) is 2.88. The molecule has 0 aromatic heterocycles. The molecule has 2 fully saturated rings. The molecule has 0 saturated carbocycles. The molecule has 0 N–H and O–H groups in total. The van der Waals surface area contributed by atoms with E-state index >= 15 is 0 Å². The van der Waals surface area contributed by atoms with Crippen molar-refractivity contribution in [2.24, 2.45) is 0 Å². The highest BCUT2D eigenvalue weighted by Gasteiger charge is 2.41. The monoisotopic (exact) mass is 386 g/mol. The third kappa shape index (κ3) is 3.59. The van der Waals surface area contributed by atoms with E-state index in [1.807, 2.05) is 4.90 Å². The van der Waals surface area contributed by atoms with Crippen molar-refractivity contribution in [3.8, 4) is 0 Å². The van der Waals surface area contributed by atoms with Crippen LogP contribution in [0, 0.1) is 10.1 Å². The smallest absolute Gasteiger partial charge is 0.363 e. The van der Waals surface area contributed by atoms with Crippen LogP contribution in [0.4, 0.5) is 24.5 Å². The molecular formula is C16H17F3N4O4. The molecule has 2 amide bonds. The second-order valence-electron chi connectivity index (χ2n) is 6.49. The summed E-state index contributed by atoms with van der Waals surface area (Å²) in [5, 5.41) is 11.2. The molecule has 0 spiro atoms. The van der Waals surface area contributed by atoms with E-state index in [0.29, 0.717) is 32.2 Å². The molecule has 1 aromatic carbocycles. The number of hydrogen-bond donors (Lipinski definition) is 0. The first-order valence-corrected chi connectivity index (χ1v) is 8.24. The summed E-state index contributed by atoms with van der Waals surface area (Å²) in [7, 11) is 1.42. The van der Waals surface area contributed by atoms with Crippen LogP contribution in [0.15, 0.2) is 18.2 Å². The third-order valence-corrected chi connectivity index (χ3v) is 4.95. The van der Waals surface area contributed by atoms with Crippen LogP contribution in [-0.4, -0.2) is 65.8 Å². The fourth-order valence-corrected chi connectivity index (χ4v) is 3.41. The highest BCUT2D eigenvalue weighted by molar-refractivity contribution is 6.05. The zero-order valence-corrected chi connectivity index (χ0v) is 14.4. The maximum atomic E-state index is 12.8. The molecule has 2 aliphatic rings. The predicted molar refractivity (Wildman–Crippen MR) is 88.1 cm³/mol. The fraction of sp³-hybridized carbons (Fsp3) is 0.500. The van der Waals surface area contributed by atoms with E-state index in [-0.39, 0.29) is 23.9 Å². The molecule has 2 saturated heterocycles. The van der Waals surface area contributed by atoms with Crippen LogP contribution in [0.5, 0.6) is 0 Å². The maximum absolute atomic E-state index is 12.8. The van der Waals surface area contributed by atoms with Gasteiger partial charge in [0.1, 0.15) is 5.69 Å². The minimum atomic E-state index is -4.66. The molecule has 1 aromatic rings. The zero-order valence-electron chi connectivity index (χ0n) is 14.4. The number of halogens is 3. The van der Waals surface area contributed by atoms with Gasteiger partial charge in [-0.3, -0.25) is 29.5 Å². The summed E-state index contributed by atoms with van der Waals surface area (Å²) in [6.45, 7) is 1.34. The quantitative estimate of drug-likeness (QED) is 0.445. The first-order valence-electron chi connectivity index (χ1n) is 8.24. The standard InChI is InChI=1S/C16H17F3N4O4/c1-20-14(24)9-13(15(20)25)22-6-4-21(5-7-22)11-3-2-10(16(17,18)19)8-12(11)23(26)27/h2-3,8,13H,4-7,9H2,1H3. The van der Waals surface area contributed by atoms with Gasteiger partial charge in [0.25, 0.3) is 5.69 Å². The first-order chi connectivity index (χ1) is 12.6. The van der Waals surface area contributed by atoms with Gasteiger partial charge >= 0.3 is 6.18 Å². The van der Waals surface area contributed by atoms with Crippen LogP contribution in [0.25, 0.3) is 0 Å². The summed E-state index contributed by atoms with van der Waals surface area (Å²) in [6.07, 6.45) is -4.57. The van der Waals surface area contributed by atoms with Crippen LogP contribution in [0.1, 0.15) is 12.0 Å². The van der Waals surface area contributed by atoms with Crippen LogP contribution in [-0.2, 0) is 15.8 Å². The molecule has 146 valence electrons. The predicted octanol–water partition coefficient (Wildman–Crippen LogP) is 1.49. The fourth-order valence-electron chi connectivity index (χ4n) is 3.41. The largest absolute Gasteiger partial charge is 0.416 e. The van der Waals surface area contributed by atoms with E-state index in [2.05, 4.69) is 0 Å². The summed E-state index contributed by atoms with van der Waals surface area (Å²) in [5.74, 6) is -0.542. The normalized spacial score (nSPS) is 21.9. The molecule has 27 heavy (non-hydrogen) atoms. The number of anilines is 1. The zero-order chi connectivity index (χ0) is 19.9. The van der Waals surface area contributed by atoms with E-state index in [4.69, 9.17) is 0 Å². The number of hydrogen-bond acceptors (Lipinski definition) is 6. The molecule has 0 radical (unpaired) electrons. The number of imide groups is 1. The van der Waals surface area contributed by atoms with Gasteiger partial charge in [-0.25, -0.2) is 0 Å². The van der Waals surface area contributed by atoms with E-state index in [1.54, 1.807) is 4.90 Å². The Kier molecular flexibility index (Phi) is 4.81. The number of piperazine rings is 1. The van der Waals surface area contributed by atoms with Crippen molar-refractivity contribution in [1.29, 1.82) is 0 Å². The van der Waals surface area contributed by atoms with Gasteiger partial charge < -0.3 is 4.90 Å². The number of carbonyl (C=O) groups excluding carboxylic acids is 2. The number of amides is 2. The van der Waals surface area contributed by atoms with E-state index < -0.39 is 28.4 Å². The molecule has 0 bridgehead atoms. The highest BCUT2D eigenvalue weighted by Crippen LogP contribution is 2.37. The van der Waals surface area contributed by atoms with Crippen LogP contribution < -0.4 is 4.90 Å². The lowest BCUT2D eigenvalue weighted by Gasteiger charge is -2.37. The lowest BCUT2D eigenvalue weighted by Crippen LogP contribution is -2.52. The second kappa shape index (κ2) is 6.80. The van der Waals surface area contributed by atoms with Gasteiger partial charge in [0.2, 0.25) is 11.8 Å². The number of nitro benzene ring substituents is 1. The van der Waals surface area contributed by atoms with Crippen molar-refractivity contribution < 1.29 is 27.7 Å². The molecular weight excluding hydrogens is 369 g/mol. The van der Waals surface area contributed by atoms with Crippen LogP contribution >= 0.6 is 0 Å². The minimum Gasteiger partial charge on any atom is -0.363 e. The summed E-state index contributed by atoms with van der Waals surface area (Å²) >= 11 is 0. The number of nitro groups is 1. The van der Waals surface area contributed by atoms with E-state index in [9.17, 15) is 32.9 Å². The summed E-state index contributed by atoms with van der Waals surface area (Å²) in [5.41, 5.74) is -1.57. The van der Waals surface area contributed by atoms with Crippen molar-refractivity contribution in [2.45, 2.75) is 18.6 Å². The van der Waals surface area contributed by atoms with Gasteiger partial charge in [-0.2, -0.15) is 13.2 Å². The Hall–Kier alpha value is -2.69. The number of rotatable bonds is 3. The second-order valence-corrected chi connectivity index (χ2v) is 6.49. The van der Waals surface area contributed by atoms with Crippen molar-refractivity contribution in [2.75, 3.05) is 38.1 Å². The summed E-state index contributed by atoms with van der Waals surface area (Å²) in [6, 6.07) is 1.92. The topological polar surface area (TPSA) is 87.0 Å². The molecule has 2 heterocycles. The van der Waals surface area contributed by atoms with Gasteiger partial charge in [-0.1, -0.05) is 0 Å². The van der Waals surface area contributed by atoms with Gasteiger partial charge in [0.15, 0.2) is 0 Å². The van der Waals surface area contributed by atoms with Crippen LogP contribution in [0.3, 0.4) is 0 Å². The van der Waals surface area contributed by atoms with Crippen molar-refractivity contribution in [3.05, 3.63) is 33.9 Å². The first kappa shape index (κ1) is 19.1. The maximum Gasteiger partial charge on any atom is 0.416 e. The van der Waals surface area contributed by atoms with Gasteiger partial charge in [-0.15, -0.1) is 0 Å². The Bertz CT molecular complexity index is 790. The number of carbonyl (C=O) groups is 2. The highest BCUT2D eigenvalue weighted by atomic mass is 19.4. The Balaban J connectivity index is 1.75. The van der Waals surface area contributed by atoms with Gasteiger partial charge in [0, 0.05) is 39.3 Å². The molecule has 11 heteroatoms. The van der Waals surface area contributed by atoms with Crippen molar-refractivity contribution >= 4 is 23.2 Å². The molecule has 1 atom stereocenters. The SMILES string of the molecule is CN1C(=O)CC(N2CCN(c3ccc(C(F)(F)F)cc3[N+](=O)[O-])CC2)C1=O. The van der Waals surface area contributed by atoms with E-state index in [0.717, 1.165) is 17.0 Å². The molecule has 0 aliphatic carbocycles. The van der Waals surface area contributed by atoms with Crippen molar-refractivity contribution in [1.82, 2.24) is 9.80 Å². The molecule has 1 unspecified atom stereocenters. The number of likely N-dealkylation sites (tertiary alicyclic amines) is 1.